The minimum atomic E-state index is -0.0614. The number of benzene rings is 8. The lowest BCUT2D eigenvalue weighted by molar-refractivity contribution is 0.660. The molecule has 51 heavy (non-hydrogen) atoms. The summed E-state index contributed by atoms with van der Waals surface area (Å²) < 4.78 is 0. The number of aryl methyl sites for hydroxylation is 1. The Kier molecular flexibility index (Phi) is 6.29. The SMILES string of the molecule is Cc1ccc2c(-c3ccccc3-c3ccc4c(c3)C(C)(C)c3ccccc3-4)c3ccccc3c(-c3cccc4c3-c3ccccc3C4(C)C)c2c1. The van der Waals surface area contributed by atoms with E-state index in [1.54, 1.807) is 0 Å². The monoisotopic (exact) mass is 652 g/mol. The van der Waals surface area contributed by atoms with Crippen molar-refractivity contribution < 1.29 is 0 Å². The summed E-state index contributed by atoms with van der Waals surface area (Å²) in [7, 11) is 0. The van der Waals surface area contributed by atoms with Crippen LogP contribution >= 0.6 is 0 Å². The lowest BCUT2D eigenvalue weighted by atomic mass is 9.79. The standard InChI is InChI=1S/C51H40/c1-31-25-27-39-42(29-31)48(41-21-14-24-45-49(41)40-20-11-13-23-44(40)50(45,2)3)38-19-9-8-18-37(38)47(39)36-17-7-6-15-33(36)32-26-28-35-34-16-10-12-22-43(34)51(4,5)46(35)30-32/h6-30H,1-5H3. The van der Waals surface area contributed by atoms with Gasteiger partial charge in [0, 0.05) is 10.8 Å². The minimum Gasteiger partial charge on any atom is -0.0619 e. The summed E-state index contributed by atoms with van der Waals surface area (Å²) in [5.41, 5.74) is 20.0. The van der Waals surface area contributed by atoms with Crippen molar-refractivity contribution in [3.8, 4) is 55.6 Å². The minimum absolute atomic E-state index is 0.0570. The highest BCUT2D eigenvalue weighted by molar-refractivity contribution is 6.23. The smallest absolute Gasteiger partial charge is 0.0159 e. The van der Waals surface area contributed by atoms with Crippen molar-refractivity contribution in [2.75, 3.05) is 0 Å². The Morgan fingerprint density at radius 2 is 0.824 bits per heavy atom. The molecule has 0 heterocycles. The van der Waals surface area contributed by atoms with E-state index < -0.39 is 0 Å². The number of rotatable bonds is 3. The van der Waals surface area contributed by atoms with Gasteiger partial charge in [0.2, 0.25) is 0 Å². The van der Waals surface area contributed by atoms with E-state index in [-0.39, 0.29) is 10.8 Å². The van der Waals surface area contributed by atoms with E-state index in [2.05, 4.69) is 186 Å². The number of hydrogen-bond acceptors (Lipinski definition) is 0. The van der Waals surface area contributed by atoms with Gasteiger partial charge in [-0.3, -0.25) is 0 Å². The Labute approximate surface area is 301 Å². The van der Waals surface area contributed by atoms with Gasteiger partial charge in [0.1, 0.15) is 0 Å². The first-order valence-corrected chi connectivity index (χ1v) is 18.3. The van der Waals surface area contributed by atoms with Crippen LogP contribution in [0.1, 0.15) is 55.5 Å². The van der Waals surface area contributed by atoms with Crippen LogP contribution in [0, 0.1) is 6.92 Å². The van der Waals surface area contributed by atoms with Gasteiger partial charge >= 0.3 is 0 Å². The fourth-order valence-corrected chi connectivity index (χ4v) is 9.66. The van der Waals surface area contributed by atoms with Crippen molar-refractivity contribution in [2.45, 2.75) is 45.4 Å². The highest BCUT2D eigenvalue weighted by Gasteiger charge is 2.38. The van der Waals surface area contributed by atoms with Gasteiger partial charge in [-0.25, -0.2) is 0 Å². The lowest BCUT2D eigenvalue weighted by Crippen LogP contribution is -2.14. The molecule has 0 aromatic heterocycles. The Hall–Kier alpha value is -5.72. The summed E-state index contributed by atoms with van der Waals surface area (Å²) in [5, 5.41) is 5.17. The molecule has 0 fully saturated rings. The molecule has 0 saturated heterocycles. The average molecular weight is 653 g/mol. The van der Waals surface area contributed by atoms with Crippen molar-refractivity contribution in [1.29, 1.82) is 0 Å². The molecular formula is C51H40. The lowest BCUT2D eigenvalue weighted by Gasteiger charge is -2.24. The summed E-state index contributed by atoms with van der Waals surface area (Å²) in [4.78, 5) is 0. The maximum atomic E-state index is 2.46. The van der Waals surface area contributed by atoms with Crippen LogP contribution in [0.4, 0.5) is 0 Å². The van der Waals surface area contributed by atoms with Crippen LogP contribution in [-0.4, -0.2) is 0 Å². The van der Waals surface area contributed by atoms with Gasteiger partial charge in [0.25, 0.3) is 0 Å². The van der Waals surface area contributed by atoms with Gasteiger partial charge in [0.05, 0.1) is 0 Å². The highest BCUT2D eigenvalue weighted by Crippen LogP contribution is 2.55. The van der Waals surface area contributed by atoms with E-state index in [1.165, 1.54) is 105 Å². The zero-order valence-corrected chi connectivity index (χ0v) is 29.9. The summed E-state index contributed by atoms with van der Waals surface area (Å²) >= 11 is 0. The summed E-state index contributed by atoms with van der Waals surface area (Å²) in [6.45, 7) is 11.7. The molecule has 0 unspecified atom stereocenters. The van der Waals surface area contributed by atoms with Crippen molar-refractivity contribution in [3.05, 3.63) is 179 Å². The first kappa shape index (κ1) is 30.1. The second-order valence-corrected chi connectivity index (χ2v) is 15.7. The van der Waals surface area contributed by atoms with E-state index in [4.69, 9.17) is 0 Å². The average Bonchev–Trinajstić information content (AvgIpc) is 3.53. The van der Waals surface area contributed by atoms with E-state index >= 15 is 0 Å². The van der Waals surface area contributed by atoms with Gasteiger partial charge in [-0.2, -0.15) is 0 Å². The largest absolute Gasteiger partial charge is 0.0619 e. The molecule has 0 radical (unpaired) electrons. The molecule has 244 valence electrons. The molecule has 0 nitrogen and oxygen atoms in total. The summed E-state index contributed by atoms with van der Waals surface area (Å²) in [5.74, 6) is 0. The van der Waals surface area contributed by atoms with Crippen molar-refractivity contribution in [1.82, 2.24) is 0 Å². The second kappa shape index (κ2) is 10.6. The second-order valence-electron chi connectivity index (χ2n) is 15.7. The third-order valence-electron chi connectivity index (χ3n) is 12.1. The first-order chi connectivity index (χ1) is 24.7. The third kappa shape index (κ3) is 4.14. The molecule has 0 atom stereocenters. The molecule has 2 aliphatic rings. The Bertz CT molecular complexity index is 2750. The zero-order valence-electron chi connectivity index (χ0n) is 29.9. The molecule has 0 heteroatoms. The number of fused-ring (bicyclic) bond motifs is 8. The molecule has 8 aromatic carbocycles. The van der Waals surface area contributed by atoms with E-state index in [0.717, 1.165) is 0 Å². The van der Waals surface area contributed by atoms with E-state index in [1.807, 2.05) is 0 Å². The molecular weight excluding hydrogens is 613 g/mol. The topological polar surface area (TPSA) is 0 Å². The molecule has 10 rings (SSSR count). The highest BCUT2D eigenvalue weighted by atomic mass is 14.4. The quantitative estimate of drug-likeness (QED) is 0.167. The molecule has 0 N–H and O–H groups in total. The predicted molar refractivity (Wildman–Crippen MR) is 218 cm³/mol. The van der Waals surface area contributed by atoms with Crippen molar-refractivity contribution >= 4 is 21.5 Å². The van der Waals surface area contributed by atoms with Gasteiger partial charge in [-0.1, -0.05) is 179 Å². The molecule has 2 aliphatic carbocycles. The molecule has 0 saturated carbocycles. The summed E-state index contributed by atoms with van der Waals surface area (Å²) in [6, 6.07) is 57.3. The van der Waals surface area contributed by atoms with Crippen LogP contribution in [-0.2, 0) is 10.8 Å². The van der Waals surface area contributed by atoms with Crippen LogP contribution < -0.4 is 0 Å². The fourth-order valence-electron chi connectivity index (χ4n) is 9.66. The van der Waals surface area contributed by atoms with Gasteiger partial charge in [0.15, 0.2) is 0 Å². The predicted octanol–water partition coefficient (Wildman–Crippen LogP) is 13.9. The summed E-state index contributed by atoms with van der Waals surface area (Å²) in [6.07, 6.45) is 0. The maximum Gasteiger partial charge on any atom is 0.0159 e. The molecule has 0 bridgehead atoms. The van der Waals surface area contributed by atoms with Crippen LogP contribution in [0.25, 0.3) is 77.2 Å². The van der Waals surface area contributed by atoms with Gasteiger partial charge in [-0.05, 0) is 112 Å². The fraction of sp³-hybridized carbons (Fsp3) is 0.137. The van der Waals surface area contributed by atoms with Gasteiger partial charge < -0.3 is 0 Å². The van der Waals surface area contributed by atoms with Crippen LogP contribution in [0.3, 0.4) is 0 Å². The Morgan fingerprint density at radius 1 is 0.314 bits per heavy atom. The normalized spacial score (nSPS) is 14.7. The third-order valence-corrected chi connectivity index (χ3v) is 12.1. The molecule has 0 aliphatic heterocycles. The Balaban J connectivity index is 1.26. The van der Waals surface area contributed by atoms with E-state index in [0.29, 0.717) is 0 Å². The van der Waals surface area contributed by atoms with Crippen LogP contribution in [0.2, 0.25) is 0 Å². The first-order valence-electron chi connectivity index (χ1n) is 18.3. The van der Waals surface area contributed by atoms with Crippen LogP contribution in [0.15, 0.2) is 152 Å². The van der Waals surface area contributed by atoms with Crippen molar-refractivity contribution in [2.24, 2.45) is 0 Å². The number of hydrogen-bond donors (Lipinski definition) is 0. The Morgan fingerprint density at radius 3 is 1.57 bits per heavy atom. The molecule has 0 amide bonds. The van der Waals surface area contributed by atoms with Crippen molar-refractivity contribution in [3.63, 3.8) is 0 Å². The zero-order chi connectivity index (χ0) is 34.6. The molecule has 0 spiro atoms. The van der Waals surface area contributed by atoms with E-state index in [9.17, 15) is 0 Å². The maximum absolute atomic E-state index is 2.46. The molecule has 8 aromatic rings. The van der Waals surface area contributed by atoms with Gasteiger partial charge in [-0.15, -0.1) is 0 Å². The van der Waals surface area contributed by atoms with Crippen LogP contribution in [0.5, 0.6) is 0 Å².